The van der Waals surface area contributed by atoms with Crippen LogP contribution in [0.4, 0.5) is 0 Å². The van der Waals surface area contributed by atoms with E-state index in [9.17, 15) is 0 Å². The summed E-state index contributed by atoms with van der Waals surface area (Å²) >= 11 is 1.71. The molecule has 1 heterocycles. The first-order valence-electron chi connectivity index (χ1n) is 7.24. The number of aromatic nitrogens is 1. The fourth-order valence-electron chi connectivity index (χ4n) is 2.22. The molecule has 1 atom stereocenters. The number of hydrogen-bond acceptors (Lipinski definition) is 3. The molecule has 0 fully saturated rings. The number of rotatable bonds is 5. The Bertz CT molecular complexity index is 509. The zero-order valence-corrected chi connectivity index (χ0v) is 13.6. The molecule has 2 aromatic rings. The van der Waals surface area contributed by atoms with Crippen molar-refractivity contribution in [3.05, 3.63) is 52.0 Å². The van der Waals surface area contributed by atoms with Gasteiger partial charge in [0.1, 0.15) is 0 Å². The molecular weight excluding hydrogens is 264 g/mol. The first-order chi connectivity index (χ1) is 9.52. The summed E-state index contributed by atoms with van der Waals surface area (Å²) in [5.41, 5.74) is 4.80. The lowest BCUT2D eigenvalue weighted by Crippen LogP contribution is -2.22. The summed E-state index contributed by atoms with van der Waals surface area (Å²) in [5.74, 6) is 0. The van der Waals surface area contributed by atoms with Crippen LogP contribution in [-0.4, -0.2) is 11.5 Å². The summed E-state index contributed by atoms with van der Waals surface area (Å²) in [6.07, 6.45) is 3.10. The molecule has 1 aromatic carbocycles. The van der Waals surface area contributed by atoms with Gasteiger partial charge in [0.15, 0.2) is 0 Å². The highest BCUT2D eigenvalue weighted by atomic mass is 32.1. The van der Waals surface area contributed by atoms with E-state index in [1.54, 1.807) is 11.3 Å². The van der Waals surface area contributed by atoms with E-state index in [1.165, 1.54) is 16.0 Å². The summed E-state index contributed by atoms with van der Waals surface area (Å²) in [4.78, 5) is 5.49. The van der Waals surface area contributed by atoms with Gasteiger partial charge in [-0.25, -0.2) is 0 Å². The van der Waals surface area contributed by atoms with Gasteiger partial charge in [-0.2, -0.15) is 0 Å². The maximum atomic E-state index is 4.21. The average molecular weight is 288 g/mol. The predicted molar refractivity (Wildman–Crippen MR) is 87.4 cm³/mol. The largest absolute Gasteiger partial charge is 0.306 e. The van der Waals surface area contributed by atoms with Crippen LogP contribution in [0, 0.1) is 0 Å². The van der Waals surface area contributed by atoms with E-state index in [4.69, 9.17) is 0 Å². The molecule has 0 saturated carbocycles. The SMILES string of the molecule is CCCNC(c1ccc(C(C)(C)C)cc1)c1cncs1. The van der Waals surface area contributed by atoms with Crippen LogP contribution in [0.5, 0.6) is 0 Å². The second-order valence-electron chi connectivity index (χ2n) is 6.16. The molecule has 0 aliphatic rings. The summed E-state index contributed by atoms with van der Waals surface area (Å²) in [7, 11) is 0. The van der Waals surface area contributed by atoms with Crippen molar-refractivity contribution in [3.63, 3.8) is 0 Å². The Morgan fingerprint density at radius 1 is 1.20 bits per heavy atom. The van der Waals surface area contributed by atoms with E-state index < -0.39 is 0 Å². The predicted octanol–water partition coefficient (Wildman–Crippen LogP) is 4.53. The van der Waals surface area contributed by atoms with Gasteiger partial charge in [-0.1, -0.05) is 52.0 Å². The topological polar surface area (TPSA) is 24.9 Å². The zero-order chi connectivity index (χ0) is 14.6. The lowest BCUT2D eigenvalue weighted by molar-refractivity contribution is 0.585. The molecule has 108 valence electrons. The van der Waals surface area contributed by atoms with Crippen molar-refractivity contribution in [3.8, 4) is 0 Å². The third-order valence-corrected chi connectivity index (χ3v) is 4.28. The van der Waals surface area contributed by atoms with Crippen LogP contribution in [0.1, 0.15) is 56.2 Å². The van der Waals surface area contributed by atoms with Crippen molar-refractivity contribution in [2.24, 2.45) is 0 Å². The molecule has 0 spiro atoms. The van der Waals surface area contributed by atoms with Crippen molar-refractivity contribution in [2.45, 2.75) is 45.6 Å². The standard InChI is InChI=1S/C17H24N2S/c1-5-10-19-16(15-11-18-12-20-15)13-6-8-14(9-7-13)17(2,3)4/h6-9,11-12,16,19H,5,10H2,1-4H3. The highest BCUT2D eigenvalue weighted by Gasteiger charge is 2.17. The molecule has 0 aliphatic carbocycles. The quantitative estimate of drug-likeness (QED) is 0.874. The second kappa shape index (κ2) is 6.51. The highest BCUT2D eigenvalue weighted by Crippen LogP contribution is 2.28. The van der Waals surface area contributed by atoms with Crippen LogP contribution in [0.15, 0.2) is 36.0 Å². The van der Waals surface area contributed by atoms with Crippen LogP contribution in [0.25, 0.3) is 0 Å². The molecule has 20 heavy (non-hydrogen) atoms. The van der Waals surface area contributed by atoms with Gasteiger partial charge in [0.25, 0.3) is 0 Å². The van der Waals surface area contributed by atoms with Gasteiger partial charge < -0.3 is 5.32 Å². The summed E-state index contributed by atoms with van der Waals surface area (Å²) in [6.45, 7) is 9.96. The molecule has 0 radical (unpaired) electrons. The maximum absolute atomic E-state index is 4.21. The lowest BCUT2D eigenvalue weighted by Gasteiger charge is -2.21. The van der Waals surface area contributed by atoms with E-state index in [0.29, 0.717) is 0 Å². The molecule has 1 aromatic heterocycles. The van der Waals surface area contributed by atoms with Crippen molar-refractivity contribution in [1.29, 1.82) is 0 Å². The van der Waals surface area contributed by atoms with Gasteiger partial charge >= 0.3 is 0 Å². The average Bonchev–Trinajstić information content (AvgIpc) is 2.93. The summed E-state index contributed by atoms with van der Waals surface area (Å²) in [5, 5.41) is 3.62. The Kier molecular flexibility index (Phi) is 4.95. The Balaban J connectivity index is 2.25. The fourth-order valence-corrected chi connectivity index (χ4v) is 2.94. The minimum absolute atomic E-state index is 0.204. The van der Waals surface area contributed by atoms with E-state index in [0.717, 1.165) is 13.0 Å². The third-order valence-electron chi connectivity index (χ3n) is 3.44. The second-order valence-corrected chi connectivity index (χ2v) is 7.08. The molecule has 2 rings (SSSR count). The van der Waals surface area contributed by atoms with Gasteiger partial charge in [-0.05, 0) is 29.5 Å². The zero-order valence-electron chi connectivity index (χ0n) is 12.8. The molecular formula is C17H24N2S. The van der Waals surface area contributed by atoms with Crippen molar-refractivity contribution < 1.29 is 0 Å². The van der Waals surface area contributed by atoms with Gasteiger partial charge in [-0.3, -0.25) is 4.98 Å². The molecule has 0 amide bonds. The highest BCUT2D eigenvalue weighted by molar-refractivity contribution is 7.09. The van der Waals surface area contributed by atoms with Gasteiger partial charge in [0, 0.05) is 11.1 Å². The van der Waals surface area contributed by atoms with Gasteiger partial charge in [0.2, 0.25) is 0 Å². The van der Waals surface area contributed by atoms with Gasteiger partial charge in [0.05, 0.1) is 11.6 Å². The Hall–Kier alpha value is -1.19. The van der Waals surface area contributed by atoms with Crippen LogP contribution in [-0.2, 0) is 5.41 Å². The summed E-state index contributed by atoms with van der Waals surface area (Å²) < 4.78 is 0. The first-order valence-corrected chi connectivity index (χ1v) is 8.12. The van der Waals surface area contributed by atoms with Crippen LogP contribution >= 0.6 is 11.3 Å². The molecule has 3 heteroatoms. The molecule has 1 N–H and O–H groups in total. The Morgan fingerprint density at radius 2 is 1.90 bits per heavy atom. The Morgan fingerprint density at radius 3 is 2.40 bits per heavy atom. The lowest BCUT2D eigenvalue weighted by atomic mass is 9.86. The molecule has 2 nitrogen and oxygen atoms in total. The number of benzene rings is 1. The van der Waals surface area contributed by atoms with Crippen LogP contribution in [0.2, 0.25) is 0 Å². The number of nitrogens with zero attached hydrogens (tertiary/aromatic N) is 1. The minimum atomic E-state index is 0.204. The van der Waals surface area contributed by atoms with Gasteiger partial charge in [-0.15, -0.1) is 11.3 Å². The van der Waals surface area contributed by atoms with Crippen molar-refractivity contribution in [2.75, 3.05) is 6.54 Å². The molecule has 0 saturated heterocycles. The maximum Gasteiger partial charge on any atom is 0.0794 e. The smallest absolute Gasteiger partial charge is 0.0794 e. The van der Waals surface area contributed by atoms with E-state index in [1.807, 2.05) is 11.7 Å². The monoisotopic (exact) mass is 288 g/mol. The van der Waals surface area contributed by atoms with E-state index in [2.05, 4.69) is 62.3 Å². The van der Waals surface area contributed by atoms with Crippen molar-refractivity contribution in [1.82, 2.24) is 10.3 Å². The fraction of sp³-hybridized carbons (Fsp3) is 0.471. The molecule has 0 bridgehead atoms. The van der Waals surface area contributed by atoms with Crippen LogP contribution in [0.3, 0.4) is 0 Å². The Labute approximate surface area is 126 Å². The molecule has 1 unspecified atom stereocenters. The number of hydrogen-bond donors (Lipinski definition) is 1. The first kappa shape index (κ1) is 15.2. The normalized spacial score (nSPS) is 13.4. The number of nitrogens with one attached hydrogen (secondary N) is 1. The number of thiazole rings is 1. The third kappa shape index (κ3) is 3.68. The molecule has 0 aliphatic heterocycles. The van der Waals surface area contributed by atoms with Crippen LogP contribution < -0.4 is 5.32 Å². The summed E-state index contributed by atoms with van der Waals surface area (Å²) in [6, 6.07) is 9.24. The van der Waals surface area contributed by atoms with E-state index in [-0.39, 0.29) is 11.5 Å². The van der Waals surface area contributed by atoms with Crippen molar-refractivity contribution >= 4 is 11.3 Å². The van der Waals surface area contributed by atoms with E-state index >= 15 is 0 Å². The minimum Gasteiger partial charge on any atom is -0.306 e.